The van der Waals surface area contributed by atoms with E-state index in [1.54, 1.807) is 4.68 Å². The molecule has 0 atom stereocenters. The van der Waals surface area contributed by atoms with E-state index in [0.717, 1.165) is 22.7 Å². The lowest BCUT2D eigenvalue weighted by Gasteiger charge is -2.38. The van der Waals surface area contributed by atoms with Gasteiger partial charge >= 0.3 is 0 Å². The number of carbonyl (C=O) groups is 1. The highest BCUT2D eigenvalue weighted by Crippen LogP contribution is 2.27. The topological polar surface area (TPSA) is 98.1 Å². The Morgan fingerprint density at radius 1 is 1.06 bits per heavy atom. The van der Waals surface area contributed by atoms with Crippen LogP contribution >= 0.6 is 0 Å². The number of fused-ring (bicyclic) bond motifs is 1. The number of nitrogens with zero attached hydrogens (tertiary/aromatic N) is 6. The van der Waals surface area contributed by atoms with Gasteiger partial charge in [0.1, 0.15) is 18.7 Å². The molecule has 2 aromatic heterocycles. The fraction of sp³-hybridized carbons (Fsp3) is 0.292. The number of hydrogen-bond acceptors (Lipinski definition) is 7. The molecular weight excluding hydrogens is 418 g/mol. The standard InChI is InChI=1S/C24H25N7O2/c1-2-31-23-21(28-29-31)22(26-16-27-23)30-13-19(14-30)24(32)25-12-17-8-10-20(11-9-17)33-15-18-6-4-3-5-7-18/h3-11,16,19H,2,12-15H2,1H3,(H,25,32). The Morgan fingerprint density at radius 3 is 2.61 bits per heavy atom. The molecule has 5 rings (SSSR count). The summed E-state index contributed by atoms with van der Waals surface area (Å²) < 4.78 is 7.55. The first-order valence-electron chi connectivity index (χ1n) is 11.0. The Morgan fingerprint density at radius 2 is 1.85 bits per heavy atom. The lowest BCUT2D eigenvalue weighted by molar-refractivity contribution is -0.125. The maximum atomic E-state index is 12.6. The molecule has 1 aliphatic rings. The minimum absolute atomic E-state index is 0.0400. The number of rotatable bonds is 8. The van der Waals surface area contributed by atoms with Crippen LogP contribution in [0, 0.1) is 5.92 Å². The van der Waals surface area contributed by atoms with Crippen LogP contribution in [-0.2, 0) is 24.5 Å². The second-order valence-electron chi connectivity index (χ2n) is 8.01. The van der Waals surface area contributed by atoms with E-state index >= 15 is 0 Å². The number of aromatic nitrogens is 5. The molecule has 4 aromatic rings. The quantitative estimate of drug-likeness (QED) is 0.447. The summed E-state index contributed by atoms with van der Waals surface area (Å²) in [6, 6.07) is 17.9. The zero-order chi connectivity index (χ0) is 22.6. The molecule has 0 bridgehead atoms. The van der Waals surface area contributed by atoms with Crippen molar-refractivity contribution < 1.29 is 9.53 Å². The van der Waals surface area contributed by atoms with Gasteiger partial charge in [-0.15, -0.1) is 5.10 Å². The van der Waals surface area contributed by atoms with Crippen LogP contribution in [0.15, 0.2) is 60.9 Å². The second-order valence-corrected chi connectivity index (χ2v) is 8.01. The Hall–Kier alpha value is -4.01. The minimum atomic E-state index is -0.0790. The van der Waals surface area contributed by atoms with Crippen LogP contribution < -0.4 is 15.0 Å². The van der Waals surface area contributed by atoms with E-state index in [9.17, 15) is 4.79 Å². The van der Waals surface area contributed by atoms with Gasteiger partial charge in [0.05, 0.1) is 5.92 Å². The van der Waals surface area contributed by atoms with E-state index in [4.69, 9.17) is 4.74 Å². The van der Waals surface area contributed by atoms with Crippen LogP contribution in [0.1, 0.15) is 18.1 Å². The molecule has 0 spiro atoms. The fourth-order valence-electron chi connectivity index (χ4n) is 3.82. The number of amides is 1. The van der Waals surface area contributed by atoms with Crippen LogP contribution in [0.5, 0.6) is 5.75 Å². The van der Waals surface area contributed by atoms with Gasteiger partial charge in [-0.3, -0.25) is 4.79 Å². The first kappa shape index (κ1) is 20.9. The number of nitrogens with one attached hydrogen (secondary N) is 1. The predicted octanol–water partition coefficient (Wildman–Crippen LogP) is 2.57. The Labute approximate surface area is 191 Å². The zero-order valence-electron chi connectivity index (χ0n) is 18.4. The monoisotopic (exact) mass is 443 g/mol. The van der Waals surface area contributed by atoms with Gasteiger partial charge in [0.15, 0.2) is 17.0 Å². The molecule has 0 unspecified atom stereocenters. The van der Waals surface area contributed by atoms with E-state index in [0.29, 0.717) is 43.9 Å². The number of anilines is 1. The summed E-state index contributed by atoms with van der Waals surface area (Å²) in [6.45, 7) is 4.90. The van der Waals surface area contributed by atoms with E-state index in [2.05, 4.69) is 25.6 Å². The predicted molar refractivity (Wildman–Crippen MR) is 124 cm³/mol. The molecule has 1 amide bonds. The highest BCUT2D eigenvalue weighted by molar-refractivity contribution is 5.86. The van der Waals surface area contributed by atoms with Crippen molar-refractivity contribution in [2.24, 2.45) is 5.92 Å². The van der Waals surface area contributed by atoms with Crippen LogP contribution in [-0.4, -0.2) is 44.0 Å². The van der Waals surface area contributed by atoms with Gasteiger partial charge in [-0.05, 0) is 30.2 Å². The molecule has 33 heavy (non-hydrogen) atoms. The van der Waals surface area contributed by atoms with E-state index < -0.39 is 0 Å². The maximum absolute atomic E-state index is 12.6. The van der Waals surface area contributed by atoms with Crippen molar-refractivity contribution in [3.05, 3.63) is 72.1 Å². The summed E-state index contributed by atoms with van der Waals surface area (Å²) in [7, 11) is 0. The van der Waals surface area contributed by atoms with E-state index in [1.165, 1.54) is 6.33 Å². The third kappa shape index (κ3) is 4.48. The lowest BCUT2D eigenvalue weighted by atomic mass is 9.99. The summed E-state index contributed by atoms with van der Waals surface area (Å²) in [6.07, 6.45) is 1.52. The van der Waals surface area contributed by atoms with Crippen LogP contribution in [0.3, 0.4) is 0 Å². The van der Waals surface area contributed by atoms with Crippen molar-refractivity contribution in [1.29, 1.82) is 0 Å². The Kier molecular flexibility index (Phi) is 5.84. The smallest absolute Gasteiger partial charge is 0.226 e. The van der Waals surface area contributed by atoms with Crippen LogP contribution in [0.4, 0.5) is 5.82 Å². The average molecular weight is 444 g/mol. The summed E-state index contributed by atoms with van der Waals surface area (Å²) >= 11 is 0. The molecule has 2 aromatic carbocycles. The molecule has 0 radical (unpaired) electrons. The number of benzene rings is 2. The molecule has 3 heterocycles. The molecule has 1 N–H and O–H groups in total. The normalized spacial score (nSPS) is 13.7. The molecule has 168 valence electrons. The first-order chi connectivity index (χ1) is 16.2. The van der Waals surface area contributed by atoms with Crippen molar-refractivity contribution in [1.82, 2.24) is 30.3 Å². The van der Waals surface area contributed by atoms with Crippen molar-refractivity contribution >= 4 is 22.9 Å². The number of ether oxygens (including phenoxy) is 1. The van der Waals surface area contributed by atoms with E-state index in [-0.39, 0.29) is 11.8 Å². The van der Waals surface area contributed by atoms with E-state index in [1.807, 2.05) is 66.4 Å². The Bertz CT molecular complexity index is 1230. The van der Waals surface area contributed by atoms with Crippen molar-refractivity contribution in [2.75, 3.05) is 18.0 Å². The molecule has 1 aliphatic heterocycles. The summed E-state index contributed by atoms with van der Waals surface area (Å²) in [4.78, 5) is 23.3. The number of carbonyl (C=O) groups excluding carboxylic acids is 1. The second kappa shape index (κ2) is 9.23. The van der Waals surface area contributed by atoms with Crippen molar-refractivity contribution in [2.45, 2.75) is 26.6 Å². The molecule has 0 saturated carbocycles. The molecular formula is C24H25N7O2. The summed E-state index contributed by atoms with van der Waals surface area (Å²) in [5.41, 5.74) is 3.54. The van der Waals surface area contributed by atoms with Gasteiger partial charge in [0.25, 0.3) is 0 Å². The highest BCUT2D eigenvalue weighted by Gasteiger charge is 2.35. The fourth-order valence-corrected chi connectivity index (χ4v) is 3.82. The molecule has 9 nitrogen and oxygen atoms in total. The third-order valence-electron chi connectivity index (χ3n) is 5.77. The van der Waals surface area contributed by atoms with Crippen LogP contribution in [0.2, 0.25) is 0 Å². The zero-order valence-corrected chi connectivity index (χ0v) is 18.4. The van der Waals surface area contributed by atoms with Gasteiger partial charge in [0, 0.05) is 26.2 Å². The van der Waals surface area contributed by atoms with Gasteiger partial charge in [0.2, 0.25) is 5.91 Å². The third-order valence-corrected chi connectivity index (χ3v) is 5.77. The average Bonchev–Trinajstić information content (AvgIpc) is 3.26. The number of hydrogen-bond donors (Lipinski definition) is 1. The van der Waals surface area contributed by atoms with Crippen molar-refractivity contribution in [3.8, 4) is 5.75 Å². The summed E-state index contributed by atoms with van der Waals surface area (Å²) in [5, 5.41) is 11.4. The molecule has 1 saturated heterocycles. The van der Waals surface area contributed by atoms with Crippen molar-refractivity contribution in [3.63, 3.8) is 0 Å². The molecule has 0 aliphatic carbocycles. The van der Waals surface area contributed by atoms with Gasteiger partial charge in [-0.25, -0.2) is 14.6 Å². The Balaban J connectivity index is 1.10. The summed E-state index contributed by atoms with van der Waals surface area (Å²) in [5.74, 6) is 1.50. The minimum Gasteiger partial charge on any atom is -0.489 e. The number of aryl methyl sites for hydroxylation is 1. The maximum Gasteiger partial charge on any atom is 0.226 e. The molecule has 9 heteroatoms. The van der Waals surface area contributed by atoms with Gasteiger partial charge in [-0.1, -0.05) is 47.7 Å². The van der Waals surface area contributed by atoms with Gasteiger partial charge in [-0.2, -0.15) is 0 Å². The molecule has 1 fully saturated rings. The largest absolute Gasteiger partial charge is 0.489 e. The lowest BCUT2D eigenvalue weighted by Crippen LogP contribution is -2.54. The first-order valence-corrected chi connectivity index (χ1v) is 11.0. The SMILES string of the molecule is CCn1nnc2c(N3CC(C(=O)NCc4ccc(OCc5ccccc5)cc4)C3)ncnc21. The van der Waals surface area contributed by atoms with Crippen LogP contribution in [0.25, 0.3) is 11.2 Å². The highest BCUT2D eigenvalue weighted by atomic mass is 16.5. The van der Waals surface area contributed by atoms with Gasteiger partial charge < -0.3 is 15.0 Å².